The van der Waals surface area contributed by atoms with Gasteiger partial charge in [0.2, 0.25) is 0 Å². The molecule has 0 N–H and O–H groups in total. The highest BCUT2D eigenvalue weighted by Crippen LogP contribution is 2.33. The highest BCUT2D eigenvalue weighted by atomic mass is 19.4. The maximum Gasteiger partial charge on any atom is 0.416 e. The van der Waals surface area contributed by atoms with Crippen molar-refractivity contribution in [1.29, 1.82) is 0 Å². The molecule has 2 aromatic heterocycles. The van der Waals surface area contributed by atoms with Crippen LogP contribution in [-0.4, -0.2) is 31.9 Å². The molecule has 3 aromatic rings. The summed E-state index contributed by atoms with van der Waals surface area (Å²) in [7, 11) is 0. The van der Waals surface area contributed by atoms with Crippen molar-refractivity contribution in [2.24, 2.45) is 0 Å². The smallest absolute Gasteiger partial charge is 0.332 e. The van der Waals surface area contributed by atoms with Gasteiger partial charge in [0.25, 0.3) is 5.91 Å². The van der Waals surface area contributed by atoms with Gasteiger partial charge in [-0.1, -0.05) is 6.07 Å². The Morgan fingerprint density at radius 1 is 1.17 bits per heavy atom. The van der Waals surface area contributed by atoms with Gasteiger partial charge in [-0.15, -0.1) is 0 Å². The normalized spacial score (nSPS) is 14.0. The van der Waals surface area contributed by atoms with E-state index in [1.165, 1.54) is 30.0 Å². The molecule has 0 unspecified atom stereocenters. The first-order valence-electron chi connectivity index (χ1n) is 9.33. The summed E-state index contributed by atoms with van der Waals surface area (Å²) < 4.78 is 54.4. The summed E-state index contributed by atoms with van der Waals surface area (Å²) in [5.41, 5.74) is 1.47. The van der Waals surface area contributed by atoms with E-state index in [2.05, 4.69) is 9.97 Å². The van der Waals surface area contributed by atoms with Gasteiger partial charge in [0, 0.05) is 24.2 Å². The molecule has 0 radical (unpaired) electrons. The van der Waals surface area contributed by atoms with Crippen LogP contribution in [0.5, 0.6) is 0 Å². The molecule has 9 heteroatoms. The van der Waals surface area contributed by atoms with Crippen molar-refractivity contribution in [2.45, 2.75) is 32.6 Å². The molecule has 1 aliphatic rings. The third kappa shape index (κ3) is 3.79. The number of halogens is 4. The van der Waals surface area contributed by atoms with E-state index in [-0.39, 0.29) is 17.7 Å². The minimum absolute atomic E-state index is 0.0446. The van der Waals surface area contributed by atoms with Crippen molar-refractivity contribution in [1.82, 2.24) is 19.4 Å². The van der Waals surface area contributed by atoms with E-state index in [1.807, 2.05) is 4.57 Å². The monoisotopic (exact) mass is 418 g/mol. The molecule has 0 aliphatic carbocycles. The van der Waals surface area contributed by atoms with Gasteiger partial charge in [0.1, 0.15) is 5.82 Å². The van der Waals surface area contributed by atoms with Crippen molar-refractivity contribution < 1.29 is 22.4 Å². The first-order chi connectivity index (χ1) is 14.2. The fraction of sp³-hybridized carbons (Fsp3) is 0.286. The first-order valence-corrected chi connectivity index (χ1v) is 9.33. The van der Waals surface area contributed by atoms with Crippen LogP contribution in [0.25, 0.3) is 0 Å². The van der Waals surface area contributed by atoms with Crippen LogP contribution < -0.4 is 0 Å². The molecule has 0 saturated carbocycles. The number of rotatable bonds is 3. The van der Waals surface area contributed by atoms with Crippen LogP contribution in [0, 0.1) is 12.7 Å². The SMILES string of the molecule is Cc1c(C(=O)N2CCc3c(ncn3Cc3ccc(F)cn3)C2)cccc1C(F)(F)F. The molecule has 156 valence electrons. The minimum Gasteiger partial charge on any atom is -0.332 e. The van der Waals surface area contributed by atoms with Gasteiger partial charge < -0.3 is 9.47 Å². The predicted octanol–water partition coefficient (Wildman–Crippen LogP) is 3.99. The summed E-state index contributed by atoms with van der Waals surface area (Å²) >= 11 is 0. The number of pyridine rings is 1. The summed E-state index contributed by atoms with van der Waals surface area (Å²) in [6, 6.07) is 6.58. The zero-order valence-electron chi connectivity index (χ0n) is 16.1. The average molecular weight is 418 g/mol. The lowest BCUT2D eigenvalue weighted by molar-refractivity contribution is -0.138. The van der Waals surface area contributed by atoms with E-state index in [0.29, 0.717) is 30.9 Å². The summed E-state index contributed by atoms with van der Waals surface area (Å²) in [4.78, 5) is 22.8. The highest BCUT2D eigenvalue weighted by Gasteiger charge is 2.34. The molecule has 0 bridgehead atoms. The topological polar surface area (TPSA) is 51.0 Å². The fourth-order valence-electron chi connectivity index (χ4n) is 3.70. The second kappa shape index (κ2) is 7.55. The number of nitrogens with zero attached hydrogens (tertiary/aromatic N) is 4. The molecular weight excluding hydrogens is 400 g/mol. The summed E-state index contributed by atoms with van der Waals surface area (Å²) in [5, 5.41) is 0. The second-order valence-corrected chi connectivity index (χ2v) is 7.19. The van der Waals surface area contributed by atoms with E-state index in [1.54, 1.807) is 12.4 Å². The van der Waals surface area contributed by atoms with Gasteiger partial charge in [-0.3, -0.25) is 9.78 Å². The number of amides is 1. The molecule has 1 aliphatic heterocycles. The molecule has 0 atom stereocenters. The van der Waals surface area contributed by atoms with Crippen LogP contribution in [-0.2, 0) is 25.7 Å². The zero-order chi connectivity index (χ0) is 21.5. The Balaban J connectivity index is 1.53. The van der Waals surface area contributed by atoms with E-state index in [0.717, 1.165) is 18.0 Å². The summed E-state index contributed by atoms with van der Waals surface area (Å²) in [5.74, 6) is -0.857. The third-order valence-corrected chi connectivity index (χ3v) is 5.27. The van der Waals surface area contributed by atoms with Crippen molar-refractivity contribution >= 4 is 5.91 Å². The van der Waals surface area contributed by atoms with Crippen LogP contribution in [0.2, 0.25) is 0 Å². The van der Waals surface area contributed by atoms with E-state index in [9.17, 15) is 22.4 Å². The quantitative estimate of drug-likeness (QED) is 0.605. The number of imidazole rings is 1. The van der Waals surface area contributed by atoms with Gasteiger partial charge in [0.15, 0.2) is 0 Å². The number of alkyl halides is 3. The Bertz CT molecular complexity index is 1090. The minimum atomic E-state index is -4.51. The Morgan fingerprint density at radius 2 is 1.97 bits per heavy atom. The number of hydrogen-bond donors (Lipinski definition) is 0. The molecule has 0 spiro atoms. The molecule has 4 rings (SSSR count). The van der Waals surface area contributed by atoms with Crippen molar-refractivity contribution in [3.05, 3.63) is 82.4 Å². The third-order valence-electron chi connectivity index (χ3n) is 5.27. The number of carbonyl (C=O) groups excluding carboxylic acids is 1. The zero-order valence-corrected chi connectivity index (χ0v) is 16.1. The van der Waals surface area contributed by atoms with E-state index in [4.69, 9.17) is 0 Å². The molecule has 30 heavy (non-hydrogen) atoms. The average Bonchev–Trinajstić information content (AvgIpc) is 3.10. The molecular formula is C21H18F4N4O. The standard InChI is InChI=1S/C21H18F4N4O/c1-13-16(3-2-4-17(13)21(23,24)25)20(30)28-8-7-19-18(11-28)27-12-29(19)10-15-6-5-14(22)9-26-15/h2-6,9,12H,7-8,10-11H2,1H3. The van der Waals surface area contributed by atoms with Gasteiger partial charge in [0.05, 0.1) is 42.6 Å². The number of fused-ring (bicyclic) bond motifs is 1. The van der Waals surface area contributed by atoms with E-state index < -0.39 is 23.5 Å². The van der Waals surface area contributed by atoms with Gasteiger partial charge in [-0.05, 0) is 36.8 Å². The van der Waals surface area contributed by atoms with Gasteiger partial charge >= 0.3 is 6.18 Å². The van der Waals surface area contributed by atoms with Gasteiger partial charge in [-0.25, -0.2) is 9.37 Å². The highest BCUT2D eigenvalue weighted by molar-refractivity contribution is 5.96. The first kappa shape index (κ1) is 20.1. The Labute approximate surface area is 170 Å². The maximum atomic E-state index is 13.2. The lowest BCUT2D eigenvalue weighted by Crippen LogP contribution is -2.37. The number of aromatic nitrogens is 3. The van der Waals surface area contributed by atoms with E-state index >= 15 is 0 Å². The second-order valence-electron chi connectivity index (χ2n) is 7.19. The maximum absolute atomic E-state index is 13.2. The van der Waals surface area contributed by atoms with Crippen LogP contribution >= 0.6 is 0 Å². The molecule has 0 saturated heterocycles. The lowest BCUT2D eigenvalue weighted by atomic mass is 10.00. The van der Waals surface area contributed by atoms with Crippen LogP contribution in [0.1, 0.15) is 38.6 Å². The van der Waals surface area contributed by atoms with Crippen molar-refractivity contribution in [3.63, 3.8) is 0 Å². The molecule has 1 amide bonds. The Hall–Kier alpha value is -3.23. The van der Waals surface area contributed by atoms with Gasteiger partial charge in [-0.2, -0.15) is 13.2 Å². The molecule has 1 aromatic carbocycles. The summed E-state index contributed by atoms with van der Waals surface area (Å²) in [6.07, 6.45) is -1.21. The van der Waals surface area contributed by atoms with Crippen LogP contribution in [0.4, 0.5) is 17.6 Å². The Morgan fingerprint density at radius 3 is 2.67 bits per heavy atom. The van der Waals surface area contributed by atoms with Crippen molar-refractivity contribution in [3.8, 4) is 0 Å². The molecule has 5 nitrogen and oxygen atoms in total. The van der Waals surface area contributed by atoms with Crippen molar-refractivity contribution in [2.75, 3.05) is 6.54 Å². The van der Waals surface area contributed by atoms with Crippen LogP contribution in [0.15, 0.2) is 42.9 Å². The predicted molar refractivity (Wildman–Crippen MR) is 100 cm³/mol. The number of benzene rings is 1. The molecule has 3 heterocycles. The van der Waals surface area contributed by atoms with Crippen LogP contribution in [0.3, 0.4) is 0 Å². The fourth-order valence-corrected chi connectivity index (χ4v) is 3.70. The molecule has 0 fully saturated rings. The number of hydrogen-bond acceptors (Lipinski definition) is 3. The largest absolute Gasteiger partial charge is 0.416 e. The number of carbonyl (C=O) groups is 1. The Kier molecular flexibility index (Phi) is 5.05. The summed E-state index contributed by atoms with van der Waals surface area (Å²) in [6.45, 7) is 2.32. The lowest BCUT2D eigenvalue weighted by Gasteiger charge is -2.28.